The lowest BCUT2D eigenvalue weighted by atomic mass is 10.0. The smallest absolute Gasteiger partial charge is 0.329 e. The molecule has 0 aliphatic carbocycles. The predicted molar refractivity (Wildman–Crippen MR) is 83.6 cm³/mol. The zero-order chi connectivity index (χ0) is 15.7. The predicted octanol–water partition coefficient (Wildman–Crippen LogP) is 2.62. The number of nitro groups is 1. The number of benzene rings is 1. The number of nitrogens with two attached hydrogens (primary N) is 1. The third kappa shape index (κ3) is 2.57. The number of hydrogen-bond acceptors (Lipinski definition) is 6. The van der Waals surface area contributed by atoms with Gasteiger partial charge in [-0.15, -0.1) is 0 Å². The van der Waals surface area contributed by atoms with Gasteiger partial charge in [0.2, 0.25) is 11.8 Å². The van der Waals surface area contributed by atoms with Crippen molar-refractivity contribution in [1.82, 2.24) is 9.97 Å². The van der Waals surface area contributed by atoms with Crippen LogP contribution in [0.3, 0.4) is 0 Å². The van der Waals surface area contributed by atoms with Crippen molar-refractivity contribution in [3.8, 4) is 0 Å². The second-order valence-electron chi connectivity index (χ2n) is 5.46. The van der Waals surface area contributed by atoms with Crippen LogP contribution in [-0.4, -0.2) is 21.4 Å². The second-order valence-corrected chi connectivity index (χ2v) is 5.46. The van der Waals surface area contributed by atoms with Crippen LogP contribution in [0.15, 0.2) is 30.5 Å². The average Bonchev–Trinajstić information content (AvgIpc) is 2.97. The van der Waals surface area contributed by atoms with Crippen LogP contribution in [0.4, 0.5) is 17.5 Å². The number of nitrogens with zero attached hydrogens (tertiary/aromatic N) is 4. The lowest BCUT2D eigenvalue weighted by Gasteiger charge is -2.25. The molecule has 0 bridgehead atoms. The van der Waals surface area contributed by atoms with Crippen LogP contribution in [0, 0.1) is 17.0 Å². The normalized spacial score (nSPS) is 17.7. The minimum atomic E-state index is -0.569. The minimum Gasteiger partial charge on any atom is -0.378 e. The van der Waals surface area contributed by atoms with Crippen molar-refractivity contribution in [2.24, 2.45) is 0 Å². The summed E-state index contributed by atoms with van der Waals surface area (Å²) in [6.45, 7) is 2.87. The van der Waals surface area contributed by atoms with Crippen molar-refractivity contribution in [2.45, 2.75) is 25.8 Å². The topological polar surface area (TPSA) is 98.2 Å². The third-order valence-electron chi connectivity index (χ3n) is 3.95. The summed E-state index contributed by atoms with van der Waals surface area (Å²) >= 11 is 0. The summed E-state index contributed by atoms with van der Waals surface area (Å²) in [5, 5.41) is 10.8. The standard InChI is InChI=1S/C15H17N5O2/c1-10-4-6-11(7-5-10)12-3-2-8-19(12)15-17-9-13(20(21)22)14(16)18-15/h4-7,9,12H,2-3,8H2,1H3,(H2,16,17,18)/t12-/m1/s1. The van der Waals surface area contributed by atoms with Gasteiger partial charge in [0.15, 0.2) is 0 Å². The average molecular weight is 299 g/mol. The van der Waals surface area contributed by atoms with Crippen LogP contribution < -0.4 is 10.6 Å². The molecule has 1 aromatic carbocycles. The number of hydrogen-bond donors (Lipinski definition) is 1. The summed E-state index contributed by atoms with van der Waals surface area (Å²) in [5.74, 6) is 0.357. The van der Waals surface area contributed by atoms with Gasteiger partial charge >= 0.3 is 5.69 Å². The SMILES string of the molecule is Cc1ccc([C@H]2CCCN2c2ncc([N+](=O)[O-])c(N)n2)cc1. The van der Waals surface area contributed by atoms with Crippen molar-refractivity contribution in [3.05, 3.63) is 51.7 Å². The third-order valence-corrected chi connectivity index (χ3v) is 3.95. The zero-order valence-electron chi connectivity index (χ0n) is 12.3. The molecule has 22 heavy (non-hydrogen) atoms. The molecular weight excluding hydrogens is 282 g/mol. The van der Waals surface area contributed by atoms with Crippen LogP contribution in [-0.2, 0) is 0 Å². The van der Waals surface area contributed by atoms with E-state index in [0.717, 1.165) is 19.4 Å². The zero-order valence-corrected chi connectivity index (χ0v) is 12.3. The van der Waals surface area contributed by atoms with E-state index < -0.39 is 4.92 Å². The van der Waals surface area contributed by atoms with E-state index in [-0.39, 0.29) is 17.5 Å². The highest BCUT2D eigenvalue weighted by atomic mass is 16.6. The first kappa shape index (κ1) is 14.2. The molecule has 0 spiro atoms. The van der Waals surface area contributed by atoms with Crippen LogP contribution in [0.2, 0.25) is 0 Å². The minimum absolute atomic E-state index is 0.0930. The van der Waals surface area contributed by atoms with Gasteiger partial charge in [0.1, 0.15) is 6.20 Å². The van der Waals surface area contributed by atoms with Crippen LogP contribution in [0.25, 0.3) is 0 Å². The highest BCUT2D eigenvalue weighted by molar-refractivity contribution is 5.54. The van der Waals surface area contributed by atoms with E-state index in [0.29, 0.717) is 5.95 Å². The number of rotatable bonds is 3. The molecule has 3 rings (SSSR count). The number of aromatic nitrogens is 2. The molecule has 7 heteroatoms. The van der Waals surface area contributed by atoms with Gasteiger partial charge < -0.3 is 10.6 Å². The highest BCUT2D eigenvalue weighted by Gasteiger charge is 2.29. The van der Waals surface area contributed by atoms with Gasteiger partial charge in [-0.05, 0) is 25.3 Å². The molecule has 2 heterocycles. The van der Waals surface area contributed by atoms with Crippen molar-refractivity contribution in [1.29, 1.82) is 0 Å². The molecule has 1 saturated heterocycles. The van der Waals surface area contributed by atoms with Crippen molar-refractivity contribution in [2.75, 3.05) is 17.2 Å². The molecule has 7 nitrogen and oxygen atoms in total. The lowest BCUT2D eigenvalue weighted by Crippen LogP contribution is -2.25. The first-order chi connectivity index (χ1) is 10.6. The second kappa shape index (κ2) is 5.59. The van der Waals surface area contributed by atoms with Gasteiger partial charge in [0.05, 0.1) is 11.0 Å². The lowest BCUT2D eigenvalue weighted by molar-refractivity contribution is -0.384. The van der Waals surface area contributed by atoms with Crippen molar-refractivity contribution >= 4 is 17.5 Å². The van der Waals surface area contributed by atoms with E-state index in [1.54, 1.807) is 0 Å². The van der Waals surface area contributed by atoms with Gasteiger partial charge in [-0.2, -0.15) is 4.98 Å². The molecule has 0 amide bonds. The molecule has 2 aromatic rings. The Kier molecular flexibility index (Phi) is 3.62. The van der Waals surface area contributed by atoms with Gasteiger partial charge in [-0.1, -0.05) is 29.8 Å². The van der Waals surface area contributed by atoms with E-state index in [2.05, 4.69) is 46.1 Å². The monoisotopic (exact) mass is 299 g/mol. The Morgan fingerprint density at radius 3 is 2.73 bits per heavy atom. The fourth-order valence-corrected chi connectivity index (χ4v) is 2.80. The molecule has 0 saturated carbocycles. The van der Waals surface area contributed by atoms with E-state index in [1.165, 1.54) is 17.3 Å². The van der Waals surface area contributed by atoms with Gasteiger partial charge in [0, 0.05) is 6.54 Å². The summed E-state index contributed by atoms with van der Waals surface area (Å²) in [6, 6.07) is 8.55. The summed E-state index contributed by atoms with van der Waals surface area (Å²) in [6.07, 6.45) is 3.21. The molecule has 1 fully saturated rings. The Morgan fingerprint density at radius 2 is 2.09 bits per heavy atom. The van der Waals surface area contributed by atoms with E-state index in [9.17, 15) is 10.1 Å². The maximum atomic E-state index is 10.8. The molecule has 1 atom stereocenters. The summed E-state index contributed by atoms with van der Waals surface area (Å²) < 4.78 is 0. The largest absolute Gasteiger partial charge is 0.378 e. The van der Waals surface area contributed by atoms with E-state index in [4.69, 9.17) is 5.73 Å². The van der Waals surface area contributed by atoms with Gasteiger partial charge in [0.25, 0.3) is 0 Å². The van der Waals surface area contributed by atoms with Crippen LogP contribution in [0.1, 0.15) is 30.0 Å². The van der Waals surface area contributed by atoms with Crippen molar-refractivity contribution in [3.63, 3.8) is 0 Å². The highest BCUT2D eigenvalue weighted by Crippen LogP contribution is 2.35. The Labute approximate surface area is 127 Å². The summed E-state index contributed by atoms with van der Waals surface area (Å²) in [7, 11) is 0. The molecule has 0 unspecified atom stereocenters. The van der Waals surface area contributed by atoms with Crippen LogP contribution >= 0.6 is 0 Å². The fraction of sp³-hybridized carbons (Fsp3) is 0.333. The van der Waals surface area contributed by atoms with Crippen LogP contribution in [0.5, 0.6) is 0 Å². The Hall–Kier alpha value is -2.70. The number of nitrogen functional groups attached to an aromatic ring is 1. The maximum absolute atomic E-state index is 10.8. The van der Waals surface area contributed by atoms with E-state index in [1.807, 2.05) is 0 Å². The summed E-state index contributed by atoms with van der Waals surface area (Å²) in [4.78, 5) is 20.5. The Bertz CT molecular complexity index is 702. The van der Waals surface area contributed by atoms with E-state index >= 15 is 0 Å². The first-order valence-corrected chi connectivity index (χ1v) is 7.16. The first-order valence-electron chi connectivity index (χ1n) is 7.16. The number of anilines is 2. The molecule has 2 N–H and O–H groups in total. The van der Waals surface area contributed by atoms with Gasteiger partial charge in [-0.25, -0.2) is 4.98 Å². The van der Waals surface area contributed by atoms with Gasteiger partial charge in [-0.3, -0.25) is 10.1 Å². The quantitative estimate of drug-likeness (QED) is 0.691. The molecule has 114 valence electrons. The Balaban J connectivity index is 1.91. The fourth-order valence-electron chi connectivity index (χ4n) is 2.80. The molecule has 0 radical (unpaired) electrons. The molecular formula is C15H17N5O2. The Morgan fingerprint density at radius 1 is 1.36 bits per heavy atom. The molecule has 1 aliphatic heterocycles. The van der Waals surface area contributed by atoms with Crippen molar-refractivity contribution < 1.29 is 4.92 Å². The summed E-state index contributed by atoms with van der Waals surface area (Å²) in [5.41, 5.74) is 7.83. The molecule has 1 aliphatic rings. The molecule has 1 aromatic heterocycles. The maximum Gasteiger partial charge on any atom is 0.329 e. The number of aryl methyl sites for hydroxylation is 1.